The molecule has 1 aromatic heterocycles. The summed E-state index contributed by atoms with van der Waals surface area (Å²) in [5.74, 6) is 0.158. The molecule has 0 aliphatic carbocycles. The number of piperidine rings is 1. The summed E-state index contributed by atoms with van der Waals surface area (Å²) in [6.07, 6.45) is 3.43. The molecule has 1 aliphatic rings. The molecule has 3 rings (SSSR count). The number of aryl methyl sites for hydroxylation is 3. The maximum atomic E-state index is 13.1. The van der Waals surface area contributed by atoms with Crippen LogP contribution < -0.4 is 0 Å². The first-order chi connectivity index (χ1) is 10.5. The van der Waals surface area contributed by atoms with Gasteiger partial charge in [-0.3, -0.25) is 9.78 Å². The molecule has 1 aromatic carbocycles. The van der Waals surface area contributed by atoms with Crippen LogP contribution in [0, 0.1) is 20.8 Å². The second kappa shape index (κ2) is 5.71. The lowest BCUT2D eigenvalue weighted by Crippen LogP contribution is -2.42. The van der Waals surface area contributed by atoms with Crippen LogP contribution in [0.5, 0.6) is 0 Å². The summed E-state index contributed by atoms with van der Waals surface area (Å²) in [4.78, 5) is 19.8. The van der Waals surface area contributed by atoms with Gasteiger partial charge in [0.2, 0.25) is 0 Å². The van der Waals surface area contributed by atoms with Crippen molar-refractivity contribution in [3.8, 4) is 0 Å². The van der Waals surface area contributed by atoms with Crippen LogP contribution in [-0.2, 0) is 0 Å². The van der Waals surface area contributed by atoms with E-state index >= 15 is 0 Å². The van der Waals surface area contributed by atoms with Crippen LogP contribution >= 0.6 is 0 Å². The number of amides is 1. The standard InChI is InChI=1S/C19H24N2O/c1-12-8-9-16-17(11-13(2)20-18(16)15(12)4)19(22)21-10-6-5-7-14(21)3/h8-9,11,14H,5-7,10H2,1-4H3. The van der Waals surface area contributed by atoms with Gasteiger partial charge < -0.3 is 4.90 Å². The molecule has 0 spiro atoms. The molecule has 2 aromatic rings. The highest BCUT2D eigenvalue weighted by Crippen LogP contribution is 2.27. The van der Waals surface area contributed by atoms with Crippen molar-refractivity contribution in [2.75, 3.05) is 6.54 Å². The molecule has 0 bridgehead atoms. The van der Waals surface area contributed by atoms with E-state index in [0.29, 0.717) is 6.04 Å². The molecule has 116 valence electrons. The van der Waals surface area contributed by atoms with Crippen LogP contribution in [0.3, 0.4) is 0 Å². The number of nitrogens with zero attached hydrogens (tertiary/aromatic N) is 2. The fourth-order valence-corrected chi connectivity index (χ4v) is 3.39. The van der Waals surface area contributed by atoms with E-state index in [9.17, 15) is 4.79 Å². The molecule has 0 N–H and O–H groups in total. The maximum absolute atomic E-state index is 13.1. The summed E-state index contributed by atoms with van der Waals surface area (Å²) in [6.45, 7) is 9.17. The molecule has 1 aliphatic heterocycles. The number of carbonyl (C=O) groups is 1. The maximum Gasteiger partial charge on any atom is 0.254 e. The third-order valence-corrected chi connectivity index (χ3v) is 4.93. The first-order valence-corrected chi connectivity index (χ1v) is 8.17. The third kappa shape index (κ3) is 2.49. The smallest absolute Gasteiger partial charge is 0.254 e. The average molecular weight is 296 g/mol. The first-order valence-electron chi connectivity index (χ1n) is 8.17. The van der Waals surface area contributed by atoms with E-state index in [4.69, 9.17) is 0 Å². The van der Waals surface area contributed by atoms with Gasteiger partial charge in [-0.2, -0.15) is 0 Å². The van der Waals surface area contributed by atoms with Crippen LogP contribution in [-0.4, -0.2) is 28.4 Å². The van der Waals surface area contributed by atoms with Crippen molar-refractivity contribution < 1.29 is 4.79 Å². The van der Waals surface area contributed by atoms with Gasteiger partial charge in [0.1, 0.15) is 0 Å². The van der Waals surface area contributed by atoms with Crippen molar-refractivity contribution in [2.45, 2.75) is 53.0 Å². The Balaban J connectivity index is 2.14. The van der Waals surface area contributed by atoms with Crippen LogP contribution in [0.1, 0.15) is 53.4 Å². The molecule has 1 amide bonds. The zero-order valence-electron chi connectivity index (χ0n) is 13.9. The lowest BCUT2D eigenvalue weighted by atomic mass is 9.98. The number of carbonyl (C=O) groups excluding carboxylic acids is 1. The van der Waals surface area contributed by atoms with Gasteiger partial charge in [0.05, 0.1) is 11.1 Å². The van der Waals surface area contributed by atoms with Gasteiger partial charge in [0.25, 0.3) is 5.91 Å². The van der Waals surface area contributed by atoms with Gasteiger partial charge in [0, 0.05) is 23.7 Å². The molecule has 1 unspecified atom stereocenters. The summed E-state index contributed by atoms with van der Waals surface area (Å²) in [5, 5.41) is 0.983. The molecular weight excluding hydrogens is 272 g/mol. The summed E-state index contributed by atoms with van der Waals surface area (Å²) in [7, 11) is 0. The van der Waals surface area contributed by atoms with E-state index in [1.165, 1.54) is 17.5 Å². The van der Waals surface area contributed by atoms with Crippen molar-refractivity contribution in [2.24, 2.45) is 0 Å². The van der Waals surface area contributed by atoms with Crippen LogP contribution in [0.2, 0.25) is 0 Å². The number of likely N-dealkylation sites (tertiary alicyclic amines) is 1. The predicted octanol–water partition coefficient (Wildman–Crippen LogP) is 4.17. The topological polar surface area (TPSA) is 33.2 Å². The highest BCUT2D eigenvalue weighted by molar-refractivity contribution is 6.07. The van der Waals surface area contributed by atoms with E-state index in [-0.39, 0.29) is 5.91 Å². The van der Waals surface area contributed by atoms with E-state index in [0.717, 1.165) is 41.5 Å². The Morgan fingerprint density at radius 3 is 2.73 bits per heavy atom. The van der Waals surface area contributed by atoms with Gasteiger partial charge in [-0.25, -0.2) is 0 Å². The molecule has 3 nitrogen and oxygen atoms in total. The predicted molar refractivity (Wildman–Crippen MR) is 90.3 cm³/mol. The second-order valence-corrected chi connectivity index (χ2v) is 6.56. The Kier molecular flexibility index (Phi) is 3.90. The summed E-state index contributed by atoms with van der Waals surface area (Å²) < 4.78 is 0. The van der Waals surface area contributed by atoms with Crippen molar-refractivity contribution in [1.29, 1.82) is 0 Å². The number of fused-ring (bicyclic) bond motifs is 1. The highest BCUT2D eigenvalue weighted by Gasteiger charge is 2.26. The van der Waals surface area contributed by atoms with E-state index in [1.807, 2.05) is 24.0 Å². The first kappa shape index (κ1) is 15.0. The molecule has 22 heavy (non-hydrogen) atoms. The summed E-state index contributed by atoms with van der Waals surface area (Å²) in [5.41, 5.74) is 5.07. The minimum Gasteiger partial charge on any atom is -0.336 e. The Labute approximate surface area is 132 Å². The third-order valence-electron chi connectivity index (χ3n) is 4.93. The monoisotopic (exact) mass is 296 g/mol. The van der Waals surface area contributed by atoms with Crippen LogP contribution in [0.4, 0.5) is 0 Å². The Morgan fingerprint density at radius 1 is 1.23 bits per heavy atom. The molecule has 0 saturated carbocycles. The normalized spacial score (nSPS) is 18.7. The van der Waals surface area contributed by atoms with Gasteiger partial charge in [-0.1, -0.05) is 12.1 Å². The number of hydrogen-bond donors (Lipinski definition) is 0. The number of rotatable bonds is 1. The highest BCUT2D eigenvalue weighted by atomic mass is 16.2. The Hall–Kier alpha value is -1.90. The van der Waals surface area contributed by atoms with Crippen molar-refractivity contribution in [1.82, 2.24) is 9.88 Å². The van der Waals surface area contributed by atoms with Gasteiger partial charge in [0.15, 0.2) is 0 Å². The SMILES string of the molecule is Cc1cc(C(=O)N2CCCCC2C)c2ccc(C)c(C)c2n1. The summed E-state index contributed by atoms with van der Waals surface area (Å²) in [6, 6.07) is 6.41. The van der Waals surface area contributed by atoms with Crippen LogP contribution in [0.15, 0.2) is 18.2 Å². The van der Waals surface area contributed by atoms with E-state index < -0.39 is 0 Å². The molecule has 1 atom stereocenters. The molecule has 3 heteroatoms. The van der Waals surface area contributed by atoms with Gasteiger partial charge in [-0.15, -0.1) is 0 Å². The fraction of sp³-hybridized carbons (Fsp3) is 0.474. The van der Waals surface area contributed by atoms with Crippen molar-refractivity contribution in [3.63, 3.8) is 0 Å². The summed E-state index contributed by atoms with van der Waals surface area (Å²) >= 11 is 0. The Bertz CT molecular complexity index is 736. The van der Waals surface area contributed by atoms with Crippen molar-refractivity contribution >= 4 is 16.8 Å². The largest absolute Gasteiger partial charge is 0.336 e. The molecule has 1 saturated heterocycles. The minimum atomic E-state index is 0.158. The lowest BCUT2D eigenvalue weighted by molar-refractivity contribution is 0.0637. The Morgan fingerprint density at radius 2 is 2.00 bits per heavy atom. The van der Waals surface area contributed by atoms with Gasteiger partial charge >= 0.3 is 0 Å². The minimum absolute atomic E-state index is 0.158. The number of benzene rings is 1. The van der Waals surface area contributed by atoms with Crippen LogP contribution in [0.25, 0.3) is 10.9 Å². The van der Waals surface area contributed by atoms with E-state index in [2.05, 4.69) is 31.8 Å². The molecular formula is C19H24N2O. The second-order valence-electron chi connectivity index (χ2n) is 6.56. The van der Waals surface area contributed by atoms with E-state index in [1.54, 1.807) is 0 Å². The molecule has 0 radical (unpaired) electrons. The zero-order chi connectivity index (χ0) is 15.9. The average Bonchev–Trinajstić information content (AvgIpc) is 2.50. The lowest BCUT2D eigenvalue weighted by Gasteiger charge is -2.33. The number of pyridine rings is 1. The van der Waals surface area contributed by atoms with Gasteiger partial charge in [-0.05, 0) is 64.2 Å². The number of aromatic nitrogens is 1. The number of hydrogen-bond acceptors (Lipinski definition) is 2. The van der Waals surface area contributed by atoms with Crippen molar-refractivity contribution in [3.05, 3.63) is 40.6 Å². The molecule has 1 fully saturated rings. The zero-order valence-corrected chi connectivity index (χ0v) is 13.9. The fourth-order valence-electron chi connectivity index (χ4n) is 3.39. The quantitative estimate of drug-likeness (QED) is 0.791. The molecule has 2 heterocycles.